The molecule has 2 aromatic rings. The molecule has 5 nitrogen and oxygen atoms in total. The fraction of sp³-hybridized carbons (Fsp3) is 0.421. The van der Waals surface area contributed by atoms with Crippen LogP contribution in [0.15, 0.2) is 59.9 Å². The summed E-state index contributed by atoms with van der Waals surface area (Å²) in [6.45, 7) is 6.15. The quantitative estimate of drug-likeness (QED) is 0.347. The number of hydrogen-bond acceptors (Lipinski definition) is 2. The van der Waals surface area contributed by atoms with E-state index in [1.54, 1.807) is 7.05 Å². The number of halogens is 1. The molecule has 0 saturated carbocycles. The number of aromatic nitrogens is 1. The molecule has 0 radical (unpaired) electrons. The third-order valence-corrected chi connectivity index (χ3v) is 3.68. The molecule has 1 unspecified atom stereocenters. The molecule has 0 fully saturated rings. The van der Waals surface area contributed by atoms with Crippen LogP contribution in [-0.4, -0.2) is 37.3 Å². The van der Waals surface area contributed by atoms with Crippen molar-refractivity contribution in [3.63, 3.8) is 0 Å². The molecule has 1 aromatic heterocycles. The lowest BCUT2D eigenvalue weighted by Gasteiger charge is -2.16. The van der Waals surface area contributed by atoms with Crippen molar-refractivity contribution in [3.05, 3.63) is 60.4 Å². The molecule has 0 amide bonds. The maximum Gasteiger partial charge on any atom is 0.191 e. The van der Waals surface area contributed by atoms with Crippen LogP contribution in [0.5, 0.6) is 0 Å². The standard InChI is InChI=1S/C19H28N4O.HI/c1-17(15-24-16-18-8-4-3-5-9-18)14-22-19(20-2)21-10-13-23-11-6-7-12-23;/h3-9,11-12,17H,10,13-16H2,1-2H3,(H2,20,21,22);1H. The minimum atomic E-state index is 0. The van der Waals surface area contributed by atoms with Gasteiger partial charge in [-0.3, -0.25) is 4.99 Å². The fourth-order valence-corrected chi connectivity index (χ4v) is 2.33. The van der Waals surface area contributed by atoms with Crippen LogP contribution in [0, 0.1) is 5.92 Å². The van der Waals surface area contributed by atoms with E-state index in [-0.39, 0.29) is 24.0 Å². The van der Waals surface area contributed by atoms with Gasteiger partial charge in [-0.2, -0.15) is 0 Å². The Morgan fingerprint density at radius 1 is 1.12 bits per heavy atom. The summed E-state index contributed by atoms with van der Waals surface area (Å²) >= 11 is 0. The first-order valence-corrected chi connectivity index (χ1v) is 8.45. The SMILES string of the molecule is CN=C(NCCn1cccc1)NCC(C)COCc1ccccc1.I. The minimum absolute atomic E-state index is 0. The highest BCUT2D eigenvalue weighted by Gasteiger charge is 2.04. The number of rotatable bonds is 9. The lowest BCUT2D eigenvalue weighted by atomic mass is 10.2. The van der Waals surface area contributed by atoms with Crippen molar-refractivity contribution >= 4 is 29.9 Å². The molecule has 25 heavy (non-hydrogen) atoms. The number of nitrogens with zero attached hydrogens (tertiary/aromatic N) is 2. The second-order valence-corrected chi connectivity index (χ2v) is 5.91. The highest BCUT2D eigenvalue weighted by molar-refractivity contribution is 14.0. The maximum atomic E-state index is 5.77. The van der Waals surface area contributed by atoms with Gasteiger partial charge in [0.2, 0.25) is 0 Å². The number of ether oxygens (including phenoxy) is 1. The summed E-state index contributed by atoms with van der Waals surface area (Å²) in [7, 11) is 1.79. The van der Waals surface area contributed by atoms with E-state index in [9.17, 15) is 0 Å². The lowest BCUT2D eigenvalue weighted by Crippen LogP contribution is -2.41. The van der Waals surface area contributed by atoms with Gasteiger partial charge in [-0.25, -0.2) is 0 Å². The van der Waals surface area contributed by atoms with Gasteiger partial charge in [0, 0.05) is 39.1 Å². The molecule has 2 rings (SSSR count). The molecule has 0 spiro atoms. The van der Waals surface area contributed by atoms with Crippen LogP contribution in [0.1, 0.15) is 12.5 Å². The van der Waals surface area contributed by atoms with Crippen LogP contribution in [0.3, 0.4) is 0 Å². The first-order chi connectivity index (χ1) is 11.8. The fourth-order valence-electron chi connectivity index (χ4n) is 2.33. The van der Waals surface area contributed by atoms with Gasteiger partial charge in [-0.15, -0.1) is 24.0 Å². The van der Waals surface area contributed by atoms with Crippen molar-refractivity contribution in [2.24, 2.45) is 10.9 Å². The topological polar surface area (TPSA) is 50.6 Å². The second-order valence-electron chi connectivity index (χ2n) is 5.91. The van der Waals surface area contributed by atoms with E-state index in [2.05, 4.69) is 51.6 Å². The lowest BCUT2D eigenvalue weighted by molar-refractivity contribution is 0.0931. The van der Waals surface area contributed by atoms with Crippen molar-refractivity contribution in [1.29, 1.82) is 0 Å². The Hall–Kier alpha value is -1.54. The highest BCUT2D eigenvalue weighted by atomic mass is 127. The molecule has 1 aromatic carbocycles. The Morgan fingerprint density at radius 2 is 1.84 bits per heavy atom. The summed E-state index contributed by atoms with van der Waals surface area (Å²) in [5, 5.41) is 6.67. The highest BCUT2D eigenvalue weighted by Crippen LogP contribution is 2.02. The molecule has 0 saturated heterocycles. The summed E-state index contributed by atoms with van der Waals surface area (Å²) in [5.74, 6) is 1.24. The number of hydrogen-bond donors (Lipinski definition) is 2. The third-order valence-electron chi connectivity index (χ3n) is 3.68. The number of guanidine groups is 1. The maximum absolute atomic E-state index is 5.77. The molecule has 0 aliphatic heterocycles. The predicted octanol–water partition coefficient (Wildman–Crippen LogP) is 3.12. The Balaban J connectivity index is 0.00000312. The zero-order chi connectivity index (χ0) is 17.0. The van der Waals surface area contributed by atoms with Gasteiger partial charge in [0.25, 0.3) is 0 Å². The second kappa shape index (κ2) is 12.8. The van der Waals surface area contributed by atoms with E-state index >= 15 is 0 Å². The van der Waals surface area contributed by atoms with E-state index in [4.69, 9.17) is 4.74 Å². The van der Waals surface area contributed by atoms with Crippen molar-refractivity contribution in [3.8, 4) is 0 Å². The van der Waals surface area contributed by atoms with Gasteiger partial charge < -0.3 is 19.9 Å². The zero-order valence-electron chi connectivity index (χ0n) is 15.0. The average molecular weight is 456 g/mol. The van der Waals surface area contributed by atoms with Crippen molar-refractivity contribution in [1.82, 2.24) is 15.2 Å². The van der Waals surface area contributed by atoms with Crippen molar-refractivity contribution in [2.45, 2.75) is 20.1 Å². The van der Waals surface area contributed by atoms with E-state index in [0.29, 0.717) is 12.5 Å². The van der Waals surface area contributed by atoms with Gasteiger partial charge in [0.15, 0.2) is 5.96 Å². The first-order valence-electron chi connectivity index (χ1n) is 8.45. The molecular weight excluding hydrogens is 427 g/mol. The Labute approximate surface area is 167 Å². The zero-order valence-corrected chi connectivity index (χ0v) is 17.4. The summed E-state index contributed by atoms with van der Waals surface area (Å²) < 4.78 is 7.91. The molecule has 1 heterocycles. The molecule has 6 heteroatoms. The van der Waals surface area contributed by atoms with Crippen LogP contribution in [0.4, 0.5) is 0 Å². The number of nitrogens with one attached hydrogen (secondary N) is 2. The van der Waals surface area contributed by atoms with E-state index in [1.165, 1.54) is 5.56 Å². The molecule has 0 bridgehead atoms. The summed E-state index contributed by atoms with van der Waals surface area (Å²) in [6, 6.07) is 14.3. The van der Waals surface area contributed by atoms with Gasteiger partial charge in [0.1, 0.15) is 0 Å². The largest absolute Gasteiger partial charge is 0.376 e. The summed E-state index contributed by atoms with van der Waals surface area (Å²) in [6.07, 6.45) is 4.12. The number of benzene rings is 1. The van der Waals surface area contributed by atoms with E-state index < -0.39 is 0 Å². The van der Waals surface area contributed by atoms with Crippen LogP contribution in [0.2, 0.25) is 0 Å². The van der Waals surface area contributed by atoms with Gasteiger partial charge >= 0.3 is 0 Å². The molecule has 138 valence electrons. The van der Waals surface area contributed by atoms with Crippen LogP contribution < -0.4 is 10.6 Å². The molecular formula is C19H29IN4O. The Morgan fingerprint density at radius 3 is 2.52 bits per heavy atom. The minimum Gasteiger partial charge on any atom is -0.376 e. The normalized spacial score (nSPS) is 12.3. The van der Waals surface area contributed by atoms with Gasteiger partial charge in [-0.05, 0) is 23.6 Å². The Bertz CT molecular complexity index is 587. The number of aliphatic imine (C=N–C) groups is 1. The van der Waals surface area contributed by atoms with E-state index in [1.807, 2.05) is 30.3 Å². The van der Waals surface area contributed by atoms with Crippen molar-refractivity contribution < 1.29 is 4.74 Å². The molecule has 0 aliphatic rings. The molecule has 0 aliphatic carbocycles. The first kappa shape index (κ1) is 21.5. The predicted molar refractivity (Wildman–Crippen MR) is 114 cm³/mol. The van der Waals surface area contributed by atoms with Crippen LogP contribution in [-0.2, 0) is 17.9 Å². The Kier molecular flexibility index (Phi) is 11.0. The van der Waals surface area contributed by atoms with Crippen LogP contribution >= 0.6 is 24.0 Å². The van der Waals surface area contributed by atoms with Crippen LogP contribution in [0.25, 0.3) is 0 Å². The molecule has 1 atom stereocenters. The summed E-state index contributed by atoms with van der Waals surface area (Å²) in [4.78, 5) is 4.25. The van der Waals surface area contributed by atoms with E-state index in [0.717, 1.165) is 32.2 Å². The van der Waals surface area contributed by atoms with Crippen molar-refractivity contribution in [2.75, 3.05) is 26.7 Å². The van der Waals surface area contributed by atoms with Gasteiger partial charge in [0.05, 0.1) is 13.2 Å². The summed E-state index contributed by atoms with van der Waals surface area (Å²) in [5.41, 5.74) is 1.21. The smallest absolute Gasteiger partial charge is 0.191 e. The monoisotopic (exact) mass is 456 g/mol. The third kappa shape index (κ3) is 8.92. The van der Waals surface area contributed by atoms with Gasteiger partial charge in [-0.1, -0.05) is 37.3 Å². The molecule has 2 N–H and O–H groups in total. The average Bonchev–Trinajstić information content (AvgIpc) is 3.12.